The number of carbonyl (C=O) groups excluding carboxylic acids is 1. The molecule has 0 bridgehead atoms. The van der Waals surface area contributed by atoms with Crippen LogP contribution in [0.3, 0.4) is 0 Å². The number of nitrogens with zero attached hydrogens (tertiary/aromatic N) is 3. The molecular weight excluding hydrogens is 236 g/mol. The maximum Gasteiger partial charge on any atom is 0.267 e. The Kier molecular flexibility index (Phi) is 3.73. The summed E-state index contributed by atoms with van der Waals surface area (Å²) in [5.41, 5.74) is 6.75. The van der Waals surface area contributed by atoms with Crippen LogP contribution in [-0.2, 0) is 6.42 Å². The topological polar surface area (TPSA) is 72.1 Å². The quantitative estimate of drug-likeness (QED) is 0.851. The average Bonchev–Trinajstić information content (AvgIpc) is 2.74. The predicted molar refractivity (Wildman–Crippen MR) is 66.9 cm³/mol. The van der Waals surface area contributed by atoms with Crippen molar-refractivity contribution in [3.05, 3.63) is 10.6 Å². The van der Waals surface area contributed by atoms with Crippen LogP contribution in [-0.4, -0.2) is 39.5 Å². The first-order valence-electron chi connectivity index (χ1n) is 5.97. The fourth-order valence-electron chi connectivity index (χ4n) is 2.31. The zero-order valence-corrected chi connectivity index (χ0v) is 11.0. The third-order valence-corrected chi connectivity index (χ3v) is 3.82. The normalized spacial score (nSPS) is 25.0. The smallest absolute Gasteiger partial charge is 0.267 e. The van der Waals surface area contributed by atoms with Crippen LogP contribution >= 0.6 is 11.5 Å². The van der Waals surface area contributed by atoms with Gasteiger partial charge in [-0.1, -0.05) is 18.3 Å². The van der Waals surface area contributed by atoms with Crippen molar-refractivity contribution in [2.24, 2.45) is 11.7 Å². The van der Waals surface area contributed by atoms with Crippen molar-refractivity contribution in [2.75, 3.05) is 13.1 Å². The van der Waals surface area contributed by atoms with Gasteiger partial charge in [-0.15, -0.1) is 5.10 Å². The van der Waals surface area contributed by atoms with Gasteiger partial charge >= 0.3 is 0 Å². The molecule has 1 aliphatic rings. The van der Waals surface area contributed by atoms with E-state index in [4.69, 9.17) is 5.73 Å². The molecule has 0 aliphatic carbocycles. The van der Waals surface area contributed by atoms with Crippen molar-refractivity contribution in [3.63, 3.8) is 0 Å². The van der Waals surface area contributed by atoms with Gasteiger partial charge in [0.2, 0.25) is 0 Å². The largest absolute Gasteiger partial charge is 0.336 e. The first kappa shape index (κ1) is 12.4. The van der Waals surface area contributed by atoms with Crippen molar-refractivity contribution < 1.29 is 4.79 Å². The van der Waals surface area contributed by atoms with Gasteiger partial charge in [0.15, 0.2) is 0 Å². The molecule has 0 saturated carbocycles. The number of aryl methyl sites for hydroxylation is 1. The molecule has 2 heterocycles. The van der Waals surface area contributed by atoms with Crippen LogP contribution in [0.5, 0.6) is 0 Å². The van der Waals surface area contributed by atoms with Gasteiger partial charge < -0.3 is 10.6 Å². The molecule has 0 aromatic carbocycles. The summed E-state index contributed by atoms with van der Waals surface area (Å²) in [4.78, 5) is 14.8. The van der Waals surface area contributed by atoms with Crippen LogP contribution in [0.1, 0.15) is 35.6 Å². The first-order chi connectivity index (χ1) is 8.11. The summed E-state index contributed by atoms with van der Waals surface area (Å²) < 4.78 is 3.86. The Morgan fingerprint density at radius 2 is 2.35 bits per heavy atom. The van der Waals surface area contributed by atoms with Crippen molar-refractivity contribution >= 4 is 17.4 Å². The minimum absolute atomic E-state index is 0.0406. The van der Waals surface area contributed by atoms with Gasteiger partial charge in [0.05, 0.1) is 5.69 Å². The minimum atomic E-state index is 0.0406. The monoisotopic (exact) mass is 254 g/mol. The molecule has 17 heavy (non-hydrogen) atoms. The molecule has 5 nitrogen and oxygen atoms in total. The van der Waals surface area contributed by atoms with Gasteiger partial charge in [-0.05, 0) is 30.3 Å². The number of likely N-dealkylation sites (tertiary alicyclic amines) is 1. The Hall–Kier alpha value is -1.01. The summed E-state index contributed by atoms with van der Waals surface area (Å²) in [7, 11) is 0. The Morgan fingerprint density at radius 3 is 3.00 bits per heavy atom. The van der Waals surface area contributed by atoms with Gasteiger partial charge in [-0.25, -0.2) is 0 Å². The number of hydrogen-bond acceptors (Lipinski definition) is 5. The molecule has 1 aromatic rings. The predicted octanol–water partition coefficient (Wildman–Crippen LogP) is 0.910. The maximum absolute atomic E-state index is 12.3. The lowest BCUT2D eigenvalue weighted by Gasteiger charge is -2.34. The van der Waals surface area contributed by atoms with E-state index < -0.39 is 0 Å². The van der Waals surface area contributed by atoms with E-state index >= 15 is 0 Å². The number of rotatable bonds is 2. The summed E-state index contributed by atoms with van der Waals surface area (Å²) in [6.07, 6.45) is 1.73. The highest BCUT2D eigenvalue weighted by Gasteiger charge is 2.28. The SMILES string of the molecule is CCc1nnsc1C(=O)N1CC(C)CC(N)C1. The lowest BCUT2D eigenvalue weighted by Crippen LogP contribution is -2.48. The highest BCUT2D eigenvalue weighted by atomic mass is 32.1. The molecule has 1 amide bonds. The van der Waals surface area contributed by atoms with E-state index in [0.717, 1.165) is 25.1 Å². The molecule has 2 unspecified atom stereocenters. The second-order valence-corrected chi connectivity index (χ2v) is 5.47. The molecule has 2 rings (SSSR count). The van der Waals surface area contributed by atoms with Gasteiger partial charge in [-0.3, -0.25) is 4.79 Å². The Balaban J connectivity index is 2.14. The van der Waals surface area contributed by atoms with Crippen LogP contribution in [0.25, 0.3) is 0 Å². The van der Waals surface area contributed by atoms with Gasteiger partial charge in [0.25, 0.3) is 5.91 Å². The minimum Gasteiger partial charge on any atom is -0.336 e. The summed E-state index contributed by atoms with van der Waals surface area (Å²) >= 11 is 1.19. The molecule has 6 heteroatoms. The Bertz CT molecular complexity index is 396. The van der Waals surface area contributed by atoms with E-state index in [2.05, 4.69) is 16.5 Å². The molecule has 0 spiro atoms. The molecule has 94 valence electrons. The lowest BCUT2D eigenvalue weighted by atomic mass is 9.96. The van der Waals surface area contributed by atoms with E-state index in [-0.39, 0.29) is 11.9 Å². The van der Waals surface area contributed by atoms with Crippen LogP contribution in [0, 0.1) is 5.92 Å². The number of nitrogens with two attached hydrogens (primary N) is 1. The van der Waals surface area contributed by atoms with Gasteiger partial charge in [-0.2, -0.15) is 0 Å². The summed E-state index contributed by atoms with van der Waals surface area (Å²) in [5.74, 6) is 0.507. The first-order valence-corrected chi connectivity index (χ1v) is 6.75. The number of aromatic nitrogens is 2. The highest BCUT2D eigenvalue weighted by Crippen LogP contribution is 2.20. The lowest BCUT2D eigenvalue weighted by molar-refractivity contribution is 0.0664. The second kappa shape index (κ2) is 5.10. The third kappa shape index (κ3) is 2.63. The van der Waals surface area contributed by atoms with E-state index in [1.165, 1.54) is 11.5 Å². The van der Waals surface area contributed by atoms with Crippen molar-refractivity contribution in [1.82, 2.24) is 14.5 Å². The number of piperidine rings is 1. The fraction of sp³-hybridized carbons (Fsp3) is 0.727. The summed E-state index contributed by atoms with van der Waals surface area (Å²) in [5, 5.41) is 3.98. The molecular formula is C11H18N4OS. The molecule has 1 saturated heterocycles. The summed E-state index contributed by atoms with van der Waals surface area (Å²) in [6.45, 7) is 5.54. The van der Waals surface area contributed by atoms with Crippen LogP contribution < -0.4 is 5.73 Å². The summed E-state index contributed by atoms with van der Waals surface area (Å²) in [6, 6.07) is 0.0913. The van der Waals surface area contributed by atoms with E-state index in [1.54, 1.807) is 0 Å². The number of carbonyl (C=O) groups is 1. The molecule has 0 radical (unpaired) electrons. The van der Waals surface area contributed by atoms with Crippen molar-refractivity contribution in [1.29, 1.82) is 0 Å². The molecule has 1 aromatic heterocycles. The fourth-order valence-corrected chi connectivity index (χ4v) is 3.03. The van der Waals surface area contributed by atoms with Gasteiger partial charge in [0, 0.05) is 19.1 Å². The Labute approximate surface area is 105 Å². The third-order valence-electron chi connectivity index (χ3n) is 3.06. The molecule has 2 atom stereocenters. The zero-order chi connectivity index (χ0) is 12.4. The van der Waals surface area contributed by atoms with E-state index in [0.29, 0.717) is 17.3 Å². The van der Waals surface area contributed by atoms with E-state index in [1.807, 2.05) is 11.8 Å². The van der Waals surface area contributed by atoms with Crippen LogP contribution in [0.4, 0.5) is 0 Å². The van der Waals surface area contributed by atoms with Crippen LogP contribution in [0.15, 0.2) is 0 Å². The van der Waals surface area contributed by atoms with Crippen molar-refractivity contribution in [3.8, 4) is 0 Å². The van der Waals surface area contributed by atoms with Crippen molar-refractivity contribution in [2.45, 2.75) is 32.7 Å². The number of hydrogen-bond donors (Lipinski definition) is 1. The second-order valence-electron chi connectivity index (χ2n) is 4.71. The van der Waals surface area contributed by atoms with E-state index in [9.17, 15) is 4.79 Å². The Morgan fingerprint density at radius 1 is 1.59 bits per heavy atom. The molecule has 1 fully saturated rings. The van der Waals surface area contributed by atoms with Gasteiger partial charge in [0.1, 0.15) is 4.88 Å². The standard InChI is InChI=1S/C11H18N4OS/c1-3-9-10(17-14-13-9)11(16)15-5-7(2)4-8(12)6-15/h7-8H,3-6,12H2,1-2H3. The maximum atomic E-state index is 12.3. The average molecular weight is 254 g/mol. The zero-order valence-electron chi connectivity index (χ0n) is 10.2. The highest BCUT2D eigenvalue weighted by molar-refractivity contribution is 7.08. The van der Waals surface area contributed by atoms with Crippen LogP contribution in [0.2, 0.25) is 0 Å². The number of amides is 1. The molecule has 2 N–H and O–H groups in total. The molecule has 1 aliphatic heterocycles.